The Balaban J connectivity index is 1.80. The Bertz CT molecular complexity index is 1010. The lowest BCUT2D eigenvalue weighted by molar-refractivity contribution is 0.0659. The van der Waals surface area contributed by atoms with Gasteiger partial charge in [-0.05, 0) is 54.0 Å². The van der Waals surface area contributed by atoms with Gasteiger partial charge in [-0.3, -0.25) is 4.68 Å². The van der Waals surface area contributed by atoms with E-state index in [1.807, 2.05) is 27.7 Å². The van der Waals surface area contributed by atoms with Gasteiger partial charge in [-0.1, -0.05) is 39.3 Å². The van der Waals surface area contributed by atoms with Crippen molar-refractivity contribution in [2.75, 3.05) is 18.5 Å². The topological polar surface area (TPSA) is 102 Å². The molecule has 2 N–H and O–H groups in total. The Labute approximate surface area is 188 Å². The highest BCUT2D eigenvalue weighted by molar-refractivity contribution is 7.90. The number of anilines is 1. The number of benzene rings is 1. The first-order valence-electron chi connectivity index (χ1n) is 10.4. The maximum Gasteiger partial charge on any atom is 0.333 e. The van der Waals surface area contributed by atoms with E-state index in [0.717, 1.165) is 24.0 Å². The van der Waals surface area contributed by atoms with E-state index in [1.54, 1.807) is 23.0 Å². The smallest absolute Gasteiger partial charge is 0.333 e. The number of nitrogens with zero attached hydrogens (tertiary/aromatic N) is 2. The molecule has 0 saturated carbocycles. The molecule has 0 unspecified atom stereocenters. The Morgan fingerprint density at radius 1 is 1.16 bits per heavy atom. The van der Waals surface area contributed by atoms with Gasteiger partial charge in [0.05, 0.1) is 6.04 Å². The van der Waals surface area contributed by atoms with E-state index in [2.05, 4.69) is 15.1 Å². The lowest BCUT2D eigenvalue weighted by Gasteiger charge is -2.22. The Kier molecular flexibility index (Phi) is 7.28. The summed E-state index contributed by atoms with van der Waals surface area (Å²) in [7, 11) is -4.12. The molecule has 0 aliphatic carbocycles. The van der Waals surface area contributed by atoms with Gasteiger partial charge in [-0.2, -0.15) is 13.5 Å². The number of rotatable bonds is 6. The number of urea groups is 1. The molecule has 2 heterocycles. The molecular formula is C21H29ClN4O4S. The maximum atomic E-state index is 12.7. The van der Waals surface area contributed by atoms with Crippen molar-refractivity contribution in [1.29, 1.82) is 0 Å². The van der Waals surface area contributed by atoms with E-state index < -0.39 is 16.1 Å². The molecule has 0 spiro atoms. The molecule has 0 bridgehead atoms. The van der Waals surface area contributed by atoms with Gasteiger partial charge in [0.2, 0.25) is 0 Å². The van der Waals surface area contributed by atoms with Gasteiger partial charge in [-0.25, -0.2) is 9.52 Å². The molecule has 1 fully saturated rings. The lowest BCUT2D eigenvalue weighted by Crippen LogP contribution is -2.35. The SMILES string of the molecule is CC(C)c1cc(Cl)cc(C(C)C)c1NC(=O)NS(=O)(=O)c1ccn(C2CCOCC2)n1. The number of halogens is 1. The third-order valence-electron chi connectivity index (χ3n) is 5.30. The van der Waals surface area contributed by atoms with Crippen molar-refractivity contribution in [3.05, 3.63) is 40.5 Å². The van der Waals surface area contributed by atoms with Gasteiger partial charge in [0.15, 0.2) is 5.03 Å². The summed E-state index contributed by atoms with van der Waals surface area (Å²) >= 11 is 6.26. The lowest BCUT2D eigenvalue weighted by atomic mass is 9.92. The van der Waals surface area contributed by atoms with Crippen molar-refractivity contribution in [1.82, 2.24) is 14.5 Å². The Hall–Kier alpha value is -2.10. The van der Waals surface area contributed by atoms with Gasteiger partial charge in [0.1, 0.15) is 0 Å². The number of ether oxygens (including phenoxy) is 1. The van der Waals surface area contributed by atoms with Crippen molar-refractivity contribution in [2.24, 2.45) is 0 Å². The number of sulfonamides is 1. The summed E-state index contributed by atoms with van der Waals surface area (Å²) in [4.78, 5) is 12.7. The van der Waals surface area contributed by atoms with Crippen LogP contribution in [0.1, 0.15) is 69.5 Å². The van der Waals surface area contributed by atoms with E-state index in [0.29, 0.717) is 23.9 Å². The molecule has 1 aliphatic rings. The predicted molar refractivity (Wildman–Crippen MR) is 120 cm³/mol. The normalized spacial score (nSPS) is 15.5. The van der Waals surface area contributed by atoms with Crippen molar-refractivity contribution >= 4 is 33.3 Å². The quantitative estimate of drug-likeness (QED) is 0.642. The van der Waals surface area contributed by atoms with Crippen LogP contribution in [0.3, 0.4) is 0 Å². The second-order valence-corrected chi connectivity index (χ2v) is 10.4. The first kappa shape index (κ1) is 23.6. The minimum Gasteiger partial charge on any atom is -0.381 e. The zero-order chi connectivity index (χ0) is 22.8. The third kappa shape index (κ3) is 5.58. The molecule has 170 valence electrons. The largest absolute Gasteiger partial charge is 0.381 e. The predicted octanol–water partition coefficient (Wildman–Crippen LogP) is 4.65. The standard InChI is InChI=1S/C21H29ClN4O4S/c1-13(2)17-11-15(22)12-18(14(3)4)20(17)23-21(27)25-31(28,29)19-5-8-26(24-19)16-6-9-30-10-7-16/h5,8,11-14,16H,6-7,9-10H2,1-4H3,(H2,23,25,27). The molecule has 1 aromatic carbocycles. The third-order valence-corrected chi connectivity index (χ3v) is 6.74. The molecule has 2 amide bonds. The number of carbonyl (C=O) groups is 1. The van der Waals surface area contributed by atoms with Crippen LogP contribution >= 0.6 is 11.6 Å². The second kappa shape index (κ2) is 9.58. The summed E-state index contributed by atoms with van der Waals surface area (Å²) in [5, 5.41) is 7.29. The van der Waals surface area contributed by atoms with Crippen LogP contribution in [0.5, 0.6) is 0 Å². The minimum atomic E-state index is -4.12. The average molecular weight is 469 g/mol. The summed E-state index contributed by atoms with van der Waals surface area (Å²) in [5.41, 5.74) is 2.26. The molecule has 2 aromatic rings. The number of carbonyl (C=O) groups excluding carboxylic acids is 1. The highest BCUT2D eigenvalue weighted by Crippen LogP contribution is 2.35. The molecule has 1 aromatic heterocycles. The van der Waals surface area contributed by atoms with Crippen LogP contribution in [0.15, 0.2) is 29.4 Å². The number of amides is 2. The summed E-state index contributed by atoms with van der Waals surface area (Å²) in [6, 6.07) is 4.22. The molecule has 0 atom stereocenters. The molecule has 31 heavy (non-hydrogen) atoms. The monoisotopic (exact) mass is 468 g/mol. The molecule has 8 nitrogen and oxygen atoms in total. The molecular weight excluding hydrogens is 440 g/mol. The van der Waals surface area contributed by atoms with Gasteiger partial charge in [0.25, 0.3) is 10.0 Å². The van der Waals surface area contributed by atoms with Crippen molar-refractivity contribution < 1.29 is 17.9 Å². The molecule has 10 heteroatoms. The Morgan fingerprint density at radius 3 is 2.29 bits per heavy atom. The van der Waals surface area contributed by atoms with E-state index in [9.17, 15) is 13.2 Å². The van der Waals surface area contributed by atoms with Crippen molar-refractivity contribution in [2.45, 2.75) is 63.4 Å². The van der Waals surface area contributed by atoms with Crippen LogP contribution in [0, 0.1) is 0 Å². The van der Waals surface area contributed by atoms with E-state index in [1.165, 1.54) is 6.07 Å². The fraction of sp³-hybridized carbons (Fsp3) is 0.524. The fourth-order valence-corrected chi connectivity index (χ4v) is 4.71. The van der Waals surface area contributed by atoms with Gasteiger partial charge in [0, 0.05) is 30.1 Å². The second-order valence-electron chi connectivity index (χ2n) is 8.31. The number of aromatic nitrogens is 2. The first-order chi connectivity index (χ1) is 14.6. The van der Waals surface area contributed by atoms with Crippen LogP contribution in [0.2, 0.25) is 5.02 Å². The Morgan fingerprint density at radius 2 is 1.74 bits per heavy atom. The average Bonchev–Trinajstić information content (AvgIpc) is 3.20. The summed E-state index contributed by atoms with van der Waals surface area (Å²) in [5.74, 6) is 0.163. The van der Waals surface area contributed by atoms with E-state index in [4.69, 9.17) is 16.3 Å². The van der Waals surface area contributed by atoms with E-state index >= 15 is 0 Å². The van der Waals surface area contributed by atoms with Crippen LogP contribution < -0.4 is 10.0 Å². The van der Waals surface area contributed by atoms with Gasteiger partial charge >= 0.3 is 6.03 Å². The first-order valence-corrected chi connectivity index (χ1v) is 12.2. The summed E-state index contributed by atoms with van der Waals surface area (Å²) in [6.07, 6.45) is 3.15. The van der Waals surface area contributed by atoms with Crippen LogP contribution in [0.25, 0.3) is 0 Å². The molecule has 0 radical (unpaired) electrons. The molecule has 3 rings (SSSR count). The maximum absolute atomic E-state index is 12.7. The van der Waals surface area contributed by atoms with Crippen LogP contribution in [0.4, 0.5) is 10.5 Å². The van der Waals surface area contributed by atoms with Gasteiger partial charge < -0.3 is 10.1 Å². The van der Waals surface area contributed by atoms with Crippen LogP contribution in [-0.2, 0) is 14.8 Å². The zero-order valence-electron chi connectivity index (χ0n) is 18.2. The number of nitrogens with one attached hydrogen (secondary N) is 2. The minimum absolute atomic E-state index is 0.0817. The molecule has 1 aliphatic heterocycles. The summed E-state index contributed by atoms with van der Waals surface area (Å²) < 4.78 is 34.5. The van der Waals surface area contributed by atoms with E-state index in [-0.39, 0.29) is 22.9 Å². The molecule has 1 saturated heterocycles. The number of hydrogen-bond donors (Lipinski definition) is 2. The van der Waals surface area contributed by atoms with Crippen LogP contribution in [-0.4, -0.2) is 37.4 Å². The number of hydrogen-bond acceptors (Lipinski definition) is 5. The van der Waals surface area contributed by atoms with Gasteiger partial charge in [-0.15, -0.1) is 0 Å². The highest BCUT2D eigenvalue weighted by atomic mass is 35.5. The fourth-order valence-electron chi connectivity index (χ4n) is 3.64. The summed E-state index contributed by atoms with van der Waals surface area (Å²) in [6.45, 7) is 9.17. The van der Waals surface area contributed by atoms with Crippen molar-refractivity contribution in [3.63, 3.8) is 0 Å². The zero-order valence-corrected chi connectivity index (χ0v) is 19.8. The van der Waals surface area contributed by atoms with Crippen molar-refractivity contribution in [3.8, 4) is 0 Å². The highest BCUT2D eigenvalue weighted by Gasteiger charge is 2.25.